The molecule has 0 bridgehead atoms. The van der Waals surface area contributed by atoms with Crippen LogP contribution < -0.4 is 0 Å². The number of carbonyl (C=O) groups is 4. The van der Waals surface area contributed by atoms with Crippen LogP contribution in [0.1, 0.15) is 78.1 Å². The predicted molar refractivity (Wildman–Crippen MR) is 144 cm³/mol. The lowest BCUT2D eigenvalue weighted by atomic mass is 10.1. The number of furan rings is 2. The number of aromatic carboxylic acids is 1. The van der Waals surface area contributed by atoms with Crippen LogP contribution in [-0.2, 0) is 14.2 Å². The van der Waals surface area contributed by atoms with Gasteiger partial charge in [0, 0.05) is 33.1 Å². The first-order valence-corrected chi connectivity index (χ1v) is 13.7. The molecule has 2 aliphatic rings. The number of piperidine rings is 2. The van der Waals surface area contributed by atoms with Crippen molar-refractivity contribution in [1.82, 2.24) is 9.80 Å². The van der Waals surface area contributed by atoms with E-state index in [1.54, 1.807) is 35.8 Å². The Morgan fingerprint density at radius 3 is 1.56 bits per heavy atom. The number of aryl methyl sites for hydroxylation is 2. The standard InChI is InChI=1S/C14H19NO5.C7H12ClNO3.C6H6O3/c1-10-6-7-12(18-10)13(16)19-11(2)20-14(17)15-8-4-3-5-9-15;8-6(10)12-7(11)9-4-2-1-3-5-9;1-4-2-3-5(9-4)6(7)8/h6-7,11H,3-5,8-9H2,1-2H3;6,10H,1-5H2;2-3H,1H3,(H,7,8). The van der Waals surface area contributed by atoms with Gasteiger partial charge in [0.2, 0.25) is 17.8 Å². The van der Waals surface area contributed by atoms with E-state index in [0.29, 0.717) is 37.7 Å². The number of carboxylic acid groups (broad SMARTS) is 1. The van der Waals surface area contributed by atoms with E-state index in [0.717, 1.165) is 38.5 Å². The third-order valence-electron chi connectivity index (χ3n) is 5.86. The van der Waals surface area contributed by atoms with E-state index < -0.39 is 36.2 Å². The topological polar surface area (TPSA) is 169 Å². The number of amides is 2. The van der Waals surface area contributed by atoms with Gasteiger partial charge in [-0.1, -0.05) is 0 Å². The van der Waals surface area contributed by atoms with Gasteiger partial charge in [-0.25, -0.2) is 19.2 Å². The molecule has 0 radical (unpaired) electrons. The zero-order chi connectivity index (χ0) is 30.4. The van der Waals surface area contributed by atoms with Crippen LogP contribution in [0.15, 0.2) is 33.1 Å². The molecule has 2 aromatic rings. The lowest BCUT2D eigenvalue weighted by molar-refractivity contribution is -0.0717. The van der Waals surface area contributed by atoms with Crippen molar-refractivity contribution >= 4 is 35.7 Å². The third kappa shape index (κ3) is 12.6. The summed E-state index contributed by atoms with van der Waals surface area (Å²) in [6.07, 6.45) is 4.31. The van der Waals surface area contributed by atoms with Gasteiger partial charge in [0.15, 0.2) is 0 Å². The molecule has 0 aliphatic carbocycles. The van der Waals surface area contributed by atoms with E-state index in [9.17, 15) is 19.2 Å². The molecule has 2 aromatic heterocycles. The molecule has 2 atom stereocenters. The number of rotatable bonds is 5. The molecule has 14 heteroatoms. The summed E-state index contributed by atoms with van der Waals surface area (Å²) in [5.41, 5.74) is 0. The Labute approximate surface area is 242 Å². The highest BCUT2D eigenvalue weighted by Crippen LogP contribution is 2.13. The van der Waals surface area contributed by atoms with Crippen molar-refractivity contribution in [3.8, 4) is 0 Å². The summed E-state index contributed by atoms with van der Waals surface area (Å²) in [7, 11) is 0. The number of esters is 1. The number of nitrogens with zero attached hydrogens (tertiary/aromatic N) is 2. The Balaban J connectivity index is 0.000000237. The number of hydrogen-bond acceptors (Lipinski definition) is 10. The number of halogens is 1. The molecule has 0 spiro atoms. The minimum Gasteiger partial charge on any atom is -0.475 e. The van der Waals surface area contributed by atoms with Crippen molar-refractivity contribution < 1.29 is 52.4 Å². The fourth-order valence-electron chi connectivity index (χ4n) is 3.85. The second-order valence-electron chi connectivity index (χ2n) is 9.25. The number of carbonyl (C=O) groups excluding carboxylic acids is 3. The molecule has 2 fully saturated rings. The maximum atomic E-state index is 11.8. The zero-order valence-corrected chi connectivity index (χ0v) is 24.1. The molecule has 0 aromatic carbocycles. The second kappa shape index (κ2) is 17.2. The van der Waals surface area contributed by atoms with Crippen molar-refractivity contribution in [1.29, 1.82) is 0 Å². The summed E-state index contributed by atoms with van der Waals surface area (Å²) in [6, 6.07) is 6.24. The number of alkyl halides is 1. The molecule has 2 unspecified atom stereocenters. The number of hydrogen-bond donors (Lipinski definition) is 2. The Kier molecular flexibility index (Phi) is 14.0. The van der Waals surface area contributed by atoms with Crippen molar-refractivity contribution in [3.05, 3.63) is 47.3 Å². The molecule has 228 valence electrons. The fourth-order valence-corrected chi connectivity index (χ4v) is 3.93. The van der Waals surface area contributed by atoms with Crippen LogP contribution >= 0.6 is 11.6 Å². The smallest absolute Gasteiger partial charge is 0.413 e. The van der Waals surface area contributed by atoms with Crippen LogP contribution in [0.4, 0.5) is 9.59 Å². The molecular formula is C27H37ClN2O11. The lowest BCUT2D eigenvalue weighted by Gasteiger charge is -2.27. The number of ether oxygens (including phenoxy) is 3. The largest absolute Gasteiger partial charge is 0.475 e. The second-order valence-corrected chi connectivity index (χ2v) is 9.63. The van der Waals surface area contributed by atoms with Crippen LogP contribution in [0.5, 0.6) is 0 Å². The van der Waals surface area contributed by atoms with E-state index in [1.165, 1.54) is 19.1 Å². The molecule has 2 aliphatic heterocycles. The van der Waals surface area contributed by atoms with Gasteiger partial charge in [-0.3, -0.25) is 0 Å². The SMILES string of the molecule is Cc1ccc(C(=O)O)o1.Cc1ccc(C(=O)OC(C)OC(=O)N2CCCCC2)o1.O=C(OC(O)Cl)N1CCCCC1. The molecule has 4 rings (SSSR count). The summed E-state index contributed by atoms with van der Waals surface area (Å²) >= 11 is 5.08. The maximum Gasteiger partial charge on any atom is 0.413 e. The van der Waals surface area contributed by atoms with E-state index in [2.05, 4.69) is 4.74 Å². The van der Waals surface area contributed by atoms with E-state index >= 15 is 0 Å². The molecule has 13 nitrogen and oxygen atoms in total. The Hall–Kier alpha value is -3.71. The third-order valence-corrected chi connectivity index (χ3v) is 5.95. The first kappa shape index (κ1) is 33.5. The van der Waals surface area contributed by atoms with Crippen molar-refractivity contribution in [2.24, 2.45) is 0 Å². The number of carboxylic acids is 1. The molecule has 2 amide bonds. The predicted octanol–water partition coefficient (Wildman–Crippen LogP) is 5.12. The van der Waals surface area contributed by atoms with Gasteiger partial charge < -0.3 is 43.1 Å². The molecular weight excluding hydrogens is 564 g/mol. The molecule has 2 saturated heterocycles. The zero-order valence-electron chi connectivity index (χ0n) is 23.4. The van der Waals surface area contributed by atoms with Crippen molar-refractivity contribution in [2.75, 3.05) is 26.2 Å². The van der Waals surface area contributed by atoms with Crippen LogP contribution in [-0.4, -0.2) is 82.4 Å². The highest BCUT2D eigenvalue weighted by molar-refractivity contribution is 6.19. The van der Waals surface area contributed by atoms with Gasteiger partial charge in [0.25, 0.3) is 5.75 Å². The average molecular weight is 601 g/mol. The van der Waals surface area contributed by atoms with Gasteiger partial charge in [-0.2, -0.15) is 0 Å². The van der Waals surface area contributed by atoms with Gasteiger partial charge >= 0.3 is 24.1 Å². The first-order valence-electron chi connectivity index (χ1n) is 13.3. The fraction of sp³-hybridized carbons (Fsp3) is 0.556. The summed E-state index contributed by atoms with van der Waals surface area (Å²) in [4.78, 5) is 47.9. The first-order chi connectivity index (χ1) is 19.5. The number of likely N-dealkylation sites (tertiary alicyclic amines) is 2. The molecule has 0 saturated carbocycles. The monoisotopic (exact) mass is 600 g/mol. The molecule has 4 heterocycles. The maximum absolute atomic E-state index is 11.8. The van der Waals surface area contributed by atoms with E-state index in [-0.39, 0.29) is 11.5 Å². The summed E-state index contributed by atoms with van der Waals surface area (Å²) < 4.78 is 24.4. The molecule has 2 N–H and O–H groups in total. The van der Waals surface area contributed by atoms with Crippen LogP contribution in [0.2, 0.25) is 0 Å². The van der Waals surface area contributed by atoms with Gasteiger partial charge in [0.1, 0.15) is 11.5 Å². The summed E-state index contributed by atoms with van der Waals surface area (Å²) in [6.45, 7) is 7.72. The number of aliphatic hydroxyl groups excluding tert-OH is 1. The van der Waals surface area contributed by atoms with Gasteiger partial charge in [0.05, 0.1) is 0 Å². The van der Waals surface area contributed by atoms with Crippen molar-refractivity contribution in [3.63, 3.8) is 0 Å². The highest BCUT2D eigenvalue weighted by atomic mass is 35.5. The Morgan fingerprint density at radius 1 is 0.756 bits per heavy atom. The normalized spacial score (nSPS) is 16.1. The van der Waals surface area contributed by atoms with Gasteiger partial charge in [-0.15, -0.1) is 0 Å². The van der Waals surface area contributed by atoms with Crippen LogP contribution in [0, 0.1) is 13.8 Å². The summed E-state index contributed by atoms with van der Waals surface area (Å²) in [5, 5.41) is 16.9. The lowest BCUT2D eigenvalue weighted by Crippen LogP contribution is -2.38. The summed E-state index contributed by atoms with van der Waals surface area (Å²) in [5.74, 6) is -1.86. The quantitative estimate of drug-likeness (QED) is 0.265. The van der Waals surface area contributed by atoms with Crippen molar-refractivity contribution in [2.45, 2.75) is 71.3 Å². The minimum absolute atomic E-state index is 0.00694. The van der Waals surface area contributed by atoms with E-state index in [1.807, 2.05) is 0 Å². The Morgan fingerprint density at radius 2 is 1.20 bits per heavy atom. The number of aliphatic hydroxyl groups is 1. The minimum atomic E-state index is -1.53. The van der Waals surface area contributed by atoms with Gasteiger partial charge in [-0.05, 0) is 88.2 Å². The highest BCUT2D eigenvalue weighted by Gasteiger charge is 2.23. The van der Waals surface area contributed by atoms with Crippen LogP contribution in [0.25, 0.3) is 0 Å². The average Bonchev–Trinajstić information content (AvgIpc) is 3.58. The van der Waals surface area contributed by atoms with E-state index in [4.69, 9.17) is 40.1 Å². The molecule has 41 heavy (non-hydrogen) atoms. The Bertz CT molecular complexity index is 1120. The van der Waals surface area contributed by atoms with Crippen LogP contribution in [0.3, 0.4) is 0 Å².